The molecule has 0 saturated carbocycles. The van der Waals surface area contributed by atoms with Crippen LogP contribution in [0.4, 0.5) is 17.3 Å². The van der Waals surface area contributed by atoms with Gasteiger partial charge in [0.25, 0.3) is 5.56 Å². The number of piperidine rings is 1. The number of benzene rings is 1. The number of hydrogen-bond donors (Lipinski definition) is 1. The van der Waals surface area contributed by atoms with Crippen LogP contribution in [0.3, 0.4) is 0 Å². The summed E-state index contributed by atoms with van der Waals surface area (Å²) in [6.07, 6.45) is 5.84. The van der Waals surface area contributed by atoms with Crippen LogP contribution in [0.2, 0.25) is 0 Å². The van der Waals surface area contributed by atoms with E-state index in [2.05, 4.69) is 32.3 Å². The zero-order valence-electron chi connectivity index (χ0n) is 17.2. The van der Waals surface area contributed by atoms with Gasteiger partial charge in [-0.2, -0.15) is 4.98 Å². The predicted octanol–water partition coefficient (Wildman–Crippen LogP) is 2.89. The van der Waals surface area contributed by atoms with Crippen LogP contribution in [0, 0.1) is 0 Å². The van der Waals surface area contributed by atoms with E-state index in [-0.39, 0.29) is 17.1 Å². The summed E-state index contributed by atoms with van der Waals surface area (Å²) in [5.74, 6) is 0.440. The summed E-state index contributed by atoms with van der Waals surface area (Å²) in [5.41, 5.74) is 2.27. The summed E-state index contributed by atoms with van der Waals surface area (Å²) < 4.78 is 25.4. The Kier molecular flexibility index (Phi) is 5.13. The molecule has 2 aromatic heterocycles. The second kappa shape index (κ2) is 7.96. The van der Waals surface area contributed by atoms with E-state index in [1.54, 1.807) is 12.3 Å². The Balaban J connectivity index is 1.43. The highest BCUT2D eigenvalue weighted by Crippen LogP contribution is 2.26. The Labute approximate surface area is 180 Å². The number of aromatic nitrogens is 3. The molecule has 1 atom stereocenters. The molecule has 1 unspecified atom stereocenters. The van der Waals surface area contributed by atoms with E-state index in [9.17, 15) is 13.2 Å². The van der Waals surface area contributed by atoms with Gasteiger partial charge in [-0.3, -0.25) is 9.36 Å². The first-order chi connectivity index (χ1) is 15.0. The molecule has 2 aliphatic heterocycles. The van der Waals surface area contributed by atoms with Crippen LogP contribution in [0.25, 0.3) is 11.0 Å². The molecular formula is C22H25N5O3S. The Morgan fingerprint density at radius 2 is 1.77 bits per heavy atom. The number of nitrogens with zero attached hydrogens (tertiary/aromatic N) is 4. The Bertz CT molecular complexity index is 1260. The number of nitrogens with one attached hydrogen (secondary N) is 1. The molecule has 9 heteroatoms. The molecule has 1 N–H and O–H groups in total. The summed E-state index contributed by atoms with van der Waals surface area (Å²) in [7, 11) is -3.12. The first-order valence-corrected chi connectivity index (χ1v) is 12.5. The molecule has 2 fully saturated rings. The standard InChI is InChI=1S/C22H25N5O3S/c28-20-9-4-16-14-23-22(25-21(16)27(20)19-10-13-31(29,30)15-19)24-17-5-7-18(8-6-17)26-11-2-1-3-12-26/h4-9,14,19H,1-3,10-13,15H2,(H,23,24,25). The minimum Gasteiger partial charge on any atom is -0.372 e. The van der Waals surface area contributed by atoms with Crippen LogP contribution in [0.15, 0.2) is 47.4 Å². The Morgan fingerprint density at radius 1 is 1.00 bits per heavy atom. The minimum absolute atomic E-state index is 0.0310. The fourth-order valence-electron chi connectivity index (χ4n) is 4.47. The van der Waals surface area contributed by atoms with Crippen molar-refractivity contribution in [3.05, 3.63) is 52.9 Å². The molecule has 31 heavy (non-hydrogen) atoms. The third-order valence-electron chi connectivity index (χ3n) is 6.09. The van der Waals surface area contributed by atoms with Gasteiger partial charge in [-0.15, -0.1) is 0 Å². The van der Waals surface area contributed by atoms with E-state index in [0.717, 1.165) is 18.8 Å². The molecule has 0 amide bonds. The summed E-state index contributed by atoms with van der Waals surface area (Å²) in [5, 5.41) is 3.91. The predicted molar refractivity (Wildman–Crippen MR) is 122 cm³/mol. The zero-order valence-corrected chi connectivity index (χ0v) is 18.0. The molecule has 4 heterocycles. The molecular weight excluding hydrogens is 414 g/mol. The molecule has 162 valence electrons. The number of fused-ring (bicyclic) bond motifs is 1. The lowest BCUT2D eigenvalue weighted by Gasteiger charge is -2.28. The lowest BCUT2D eigenvalue weighted by molar-refractivity contribution is 0.552. The van der Waals surface area contributed by atoms with Crippen LogP contribution in [0.1, 0.15) is 31.7 Å². The molecule has 0 aliphatic carbocycles. The van der Waals surface area contributed by atoms with Crippen molar-refractivity contribution in [3.63, 3.8) is 0 Å². The van der Waals surface area contributed by atoms with Crippen LogP contribution in [0.5, 0.6) is 0 Å². The SMILES string of the molecule is O=c1ccc2cnc(Nc3ccc(N4CCCCC4)cc3)nc2n1C1CCS(=O)(=O)C1. The van der Waals surface area contributed by atoms with E-state index in [4.69, 9.17) is 0 Å². The van der Waals surface area contributed by atoms with Crippen LogP contribution < -0.4 is 15.8 Å². The van der Waals surface area contributed by atoms with Crippen molar-refractivity contribution in [1.82, 2.24) is 14.5 Å². The lowest BCUT2D eigenvalue weighted by Crippen LogP contribution is -2.29. The minimum atomic E-state index is -3.12. The summed E-state index contributed by atoms with van der Waals surface area (Å²) in [6.45, 7) is 2.18. The van der Waals surface area contributed by atoms with Crippen molar-refractivity contribution in [1.29, 1.82) is 0 Å². The van der Waals surface area contributed by atoms with Crippen LogP contribution in [-0.2, 0) is 9.84 Å². The average molecular weight is 440 g/mol. The van der Waals surface area contributed by atoms with Gasteiger partial charge in [0.1, 0.15) is 5.65 Å². The number of anilines is 3. The molecule has 0 bridgehead atoms. The summed E-state index contributed by atoms with van der Waals surface area (Å²) >= 11 is 0. The largest absolute Gasteiger partial charge is 0.372 e. The Morgan fingerprint density at radius 3 is 2.48 bits per heavy atom. The van der Waals surface area contributed by atoms with Crippen molar-refractivity contribution in [3.8, 4) is 0 Å². The molecule has 0 spiro atoms. The quantitative estimate of drug-likeness (QED) is 0.668. The monoisotopic (exact) mass is 439 g/mol. The van der Waals surface area contributed by atoms with E-state index in [1.165, 1.54) is 35.6 Å². The van der Waals surface area contributed by atoms with E-state index < -0.39 is 15.9 Å². The van der Waals surface area contributed by atoms with Gasteiger partial charge in [0.15, 0.2) is 9.84 Å². The third-order valence-corrected chi connectivity index (χ3v) is 7.84. The molecule has 8 nitrogen and oxygen atoms in total. The van der Waals surface area contributed by atoms with Gasteiger partial charge < -0.3 is 10.2 Å². The van der Waals surface area contributed by atoms with Gasteiger partial charge in [-0.25, -0.2) is 13.4 Å². The fraction of sp³-hybridized carbons (Fsp3) is 0.409. The van der Waals surface area contributed by atoms with Crippen LogP contribution in [-0.4, -0.2) is 47.5 Å². The molecule has 1 aromatic carbocycles. The summed E-state index contributed by atoms with van der Waals surface area (Å²) in [4.78, 5) is 23.9. The van der Waals surface area contributed by atoms with Gasteiger partial charge in [-0.05, 0) is 56.0 Å². The normalized spacial score (nSPS) is 20.8. The highest BCUT2D eigenvalue weighted by Gasteiger charge is 2.31. The van der Waals surface area contributed by atoms with E-state index in [0.29, 0.717) is 23.4 Å². The number of sulfone groups is 1. The van der Waals surface area contributed by atoms with E-state index in [1.807, 2.05) is 12.1 Å². The van der Waals surface area contributed by atoms with Gasteiger partial charge >= 0.3 is 0 Å². The number of rotatable bonds is 4. The second-order valence-electron chi connectivity index (χ2n) is 8.29. The van der Waals surface area contributed by atoms with Gasteiger partial charge in [0, 0.05) is 42.1 Å². The molecule has 3 aromatic rings. The highest BCUT2D eigenvalue weighted by molar-refractivity contribution is 7.91. The lowest BCUT2D eigenvalue weighted by atomic mass is 10.1. The van der Waals surface area contributed by atoms with Gasteiger partial charge in [-0.1, -0.05) is 0 Å². The van der Waals surface area contributed by atoms with Gasteiger partial charge in [0.05, 0.1) is 17.5 Å². The van der Waals surface area contributed by atoms with Crippen LogP contribution >= 0.6 is 0 Å². The third kappa shape index (κ3) is 4.14. The average Bonchev–Trinajstić information content (AvgIpc) is 3.14. The molecule has 2 aliphatic rings. The first-order valence-electron chi connectivity index (χ1n) is 10.7. The van der Waals surface area contributed by atoms with Crippen molar-refractivity contribution in [2.75, 3.05) is 34.8 Å². The number of pyridine rings is 1. The molecule has 5 rings (SSSR count). The van der Waals surface area contributed by atoms with Crippen molar-refractivity contribution >= 4 is 38.2 Å². The van der Waals surface area contributed by atoms with Crippen molar-refractivity contribution < 1.29 is 8.42 Å². The maximum atomic E-state index is 12.6. The van der Waals surface area contributed by atoms with E-state index >= 15 is 0 Å². The fourth-order valence-corrected chi connectivity index (χ4v) is 6.17. The molecule has 0 radical (unpaired) electrons. The number of hydrogen-bond acceptors (Lipinski definition) is 7. The Hall–Kier alpha value is -2.94. The first kappa shape index (κ1) is 20.0. The van der Waals surface area contributed by atoms with Gasteiger partial charge in [0.2, 0.25) is 5.95 Å². The molecule has 2 saturated heterocycles. The summed E-state index contributed by atoms with van der Waals surface area (Å²) in [6, 6.07) is 10.9. The topological polar surface area (TPSA) is 97.2 Å². The second-order valence-corrected chi connectivity index (χ2v) is 10.5. The maximum Gasteiger partial charge on any atom is 0.252 e. The maximum absolute atomic E-state index is 12.6. The van der Waals surface area contributed by atoms with Crippen molar-refractivity contribution in [2.24, 2.45) is 0 Å². The highest BCUT2D eigenvalue weighted by atomic mass is 32.2. The van der Waals surface area contributed by atoms with Crippen molar-refractivity contribution in [2.45, 2.75) is 31.7 Å². The smallest absolute Gasteiger partial charge is 0.252 e. The zero-order chi connectivity index (χ0) is 21.4.